The number of nitrogens with zero attached hydrogens (tertiary/aromatic N) is 1. The van der Waals surface area contributed by atoms with Crippen LogP contribution in [0.1, 0.15) is 18.4 Å². The summed E-state index contributed by atoms with van der Waals surface area (Å²) in [6, 6.07) is 16.1. The Morgan fingerprint density at radius 1 is 1.07 bits per heavy atom. The second-order valence-corrected chi connectivity index (χ2v) is 7.40. The van der Waals surface area contributed by atoms with Gasteiger partial charge in [0.15, 0.2) is 0 Å². The normalized spacial score (nSPS) is 12.9. The minimum Gasteiger partial charge on any atom is -0.389 e. The number of aliphatic hydroxyl groups excluding tert-OH is 1. The number of benzene rings is 2. The van der Waals surface area contributed by atoms with Gasteiger partial charge in [-0.25, -0.2) is 4.18 Å². The molecule has 1 atom stereocenters. The first-order valence-corrected chi connectivity index (χ1v) is 9.96. The average Bonchev–Trinajstić information content (AvgIpc) is 2.64. The molecule has 2 rings (SSSR count). The van der Waals surface area contributed by atoms with Crippen LogP contribution >= 0.6 is 0 Å². The first-order chi connectivity index (χ1) is 12.9. The van der Waals surface area contributed by atoms with Crippen molar-refractivity contribution in [2.45, 2.75) is 18.9 Å². The Kier molecular flexibility index (Phi) is 7.84. The summed E-state index contributed by atoms with van der Waals surface area (Å²) >= 11 is 0. The molecule has 27 heavy (non-hydrogen) atoms. The Labute approximate surface area is 161 Å². The van der Waals surface area contributed by atoms with Gasteiger partial charge in [0.25, 0.3) is 0 Å². The summed E-state index contributed by atoms with van der Waals surface area (Å²) < 4.78 is 33.0. The van der Waals surface area contributed by atoms with Gasteiger partial charge in [-0.05, 0) is 42.7 Å². The number of hydrogen-bond acceptors (Lipinski definition) is 6. The molecule has 0 aliphatic heterocycles. The van der Waals surface area contributed by atoms with E-state index in [9.17, 15) is 13.5 Å². The van der Waals surface area contributed by atoms with Gasteiger partial charge >= 0.3 is 10.4 Å². The molecule has 0 radical (unpaired) electrons. The van der Waals surface area contributed by atoms with Crippen molar-refractivity contribution >= 4 is 22.2 Å². The van der Waals surface area contributed by atoms with E-state index in [1.165, 1.54) is 12.1 Å². The van der Waals surface area contributed by atoms with E-state index in [2.05, 4.69) is 0 Å². The molecule has 2 aromatic rings. The molecule has 0 saturated heterocycles. The van der Waals surface area contributed by atoms with Crippen molar-refractivity contribution in [2.24, 2.45) is 0 Å². The SMILES string of the molecule is CN(C)c1ccc(/C=C/C(O)CCCOS(=O)(=O)Oc2ccccc2)cc1. The first-order valence-electron chi connectivity index (χ1n) is 8.63. The van der Waals surface area contributed by atoms with Crippen molar-refractivity contribution < 1.29 is 21.9 Å². The van der Waals surface area contributed by atoms with Gasteiger partial charge in [-0.15, -0.1) is 0 Å². The van der Waals surface area contributed by atoms with Crippen LogP contribution < -0.4 is 9.08 Å². The van der Waals surface area contributed by atoms with Crippen molar-refractivity contribution in [1.82, 2.24) is 0 Å². The van der Waals surface area contributed by atoms with Crippen LogP contribution in [-0.2, 0) is 14.6 Å². The zero-order valence-corrected chi connectivity index (χ0v) is 16.3. The van der Waals surface area contributed by atoms with Crippen molar-refractivity contribution in [3.8, 4) is 5.75 Å². The fourth-order valence-corrected chi connectivity index (χ4v) is 2.99. The molecule has 1 unspecified atom stereocenters. The first kappa shape index (κ1) is 21.0. The fraction of sp³-hybridized carbons (Fsp3) is 0.300. The topological polar surface area (TPSA) is 76.1 Å². The lowest BCUT2D eigenvalue weighted by molar-refractivity contribution is 0.192. The van der Waals surface area contributed by atoms with Crippen LogP contribution in [0.3, 0.4) is 0 Å². The van der Waals surface area contributed by atoms with E-state index in [1.807, 2.05) is 49.3 Å². The van der Waals surface area contributed by atoms with Crippen LogP contribution in [0.15, 0.2) is 60.7 Å². The highest BCUT2D eigenvalue weighted by Gasteiger charge is 2.13. The second-order valence-electron chi connectivity index (χ2n) is 6.18. The Morgan fingerprint density at radius 2 is 1.74 bits per heavy atom. The van der Waals surface area contributed by atoms with Crippen molar-refractivity contribution in [2.75, 3.05) is 25.6 Å². The Balaban J connectivity index is 1.71. The molecular weight excluding hydrogens is 366 g/mol. The van der Waals surface area contributed by atoms with Gasteiger partial charge in [-0.2, -0.15) is 8.42 Å². The third-order valence-electron chi connectivity index (χ3n) is 3.73. The number of rotatable bonds is 10. The molecule has 0 saturated carbocycles. The number of hydrogen-bond donors (Lipinski definition) is 1. The molecule has 0 fully saturated rings. The summed E-state index contributed by atoms with van der Waals surface area (Å²) in [6.45, 7) is -0.0579. The smallest absolute Gasteiger partial charge is 0.389 e. The monoisotopic (exact) mass is 391 g/mol. The van der Waals surface area contributed by atoms with E-state index in [0.29, 0.717) is 12.8 Å². The molecule has 7 heteroatoms. The Bertz CT molecular complexity index is 817. The predicted molar refractivity (Wildman–Crippen MR) is 107 cm³/mol. The lowest BCUT2D eigenvalue weighted by Crippen LogP contribution is -2.15. The standard InChI is InChI=1S/C20H25NO5S/c1-21(2)18-13-10-17(11-14-18)12-15-19(22)7-6-16-25-27(23,24)26-20-8-4-3-5-9-20/h3-5,8-15,19,22H,6-7,16H2,1-2H3/b15-12+. The zero-order chi connectivity index (χ0) is 19.7. The molecule has 146 valence electrons. The molecule has 6 nitrogen and oxygen atoms in total. The third-order valence-corrected chi connectivity index (χ3v) is 4.59. The van der Waals surface area contributed by atoms with Crippen LogP contribution in [0.4, 0.5) is 5.69 Å². The van der Waals surface area contributed by atoms with Gasteiger partial charge in [-0.3, -0.25) is 0 Å². The van der Waals surface area contributed by atoms with Gasteiger partial charge in [0.05, 0.1) is 12.7 Å². The minimum absolute atomic E-state index is 0.0579. The Morgan fingerprint density at radius 3 is 2.37 bits per heavy atom. The fourth-order valence-electron chi connectivity index (χ4n) is 2.27. The lowest BCUT2D eigenvalue weighted by atomic mass is 10.1. The van der Waals surface area contributed by atoms with Gasteiger partial charge in [0, 0.05) is 19.8 Å². The van der Waals surface area contributed by atoms with Crippen LogP contribution in [0.25, 0.3) is 6.08 Å². The van der Waals surface area contributed by atoms with E-state index >= 15 is 0 Å². The molecule has 1 N–H and O–H groups in total. The minimum atomic E-state index is -4.10. The van der Waals surface area contributed by atoms with E-state index in [-0.39, 0.29) is 12.4 Å². The van der Waals surface area contributed by atoms with Crippen LogP contribution in [-0.4, -0.2) is 40.3 Å². The van der Waals surface area contributed by atoms with E-state index in [0.717, 1.165) is 11.3 Å². The largest absolute Gasteiger partial charge is 0.449 e. The van der Waals surface area contributed by atoms with E-state index < -0.39 is 16.5 Å². The van der Waals surface area contributed by atoms with Gasteiger partial charge < -0.3 is 14.2 Å². The molecular formula is C20H25NO5S. The summed E-state index contributed by atoms with van der Waals surface area (Å²) in [4.78, 5) is 2.01. The van der Waals surface area contributed by atoms with Crippen molar-refractivity contribution in [3.63, 3.8) is 0 Å². The van der Waals surface area contributed by atoms with Crippen LogP contribution in [0.5, 0.6) is 5.75 Å². The van der Waals surface area contributed by atoms with Gasteiger partial charge in [-0.1, -0.05) is 42.5 Å². The molecule has 0 spiro atoms. The molecule has 0 amide bonds. The van der Waals surface area contributed by atoms with Crippen LogP contribution in [0, 0.1) is 0 Å². The molecule has 0 bridgehead atoms. The number of para-hydroxylation sites is 1. The molecule has 0 aliphatic rings. The van der Waals surface area contributed by atoms with Gasteiger partial charge in [0.1, 0.15) is 5.75 Å². The van der Waals surface area contributed by atoms with Gasteiger partial charge in [0.2, 0.25) is 0 Å². The van der Waals surface area contributed by atoms with E-state index in [1.54, 1.807) is 24.3 Å². The summed E-state index contributed by atoms with van der Waals surface area (Å²) in [5.74, 6) is 0.195. The second kappa shape index (κ2) is 10.1. The molecule has 2 aromatic carbocycles. The lowest BCUT2D eigenvalue weighted by Gasteiger charge is -2.12. The maximum atomic E-state index is 11.7. The zero-order valence-electron chi connectivity index (χ0n) is 15.5. The van der Waals surface area contributed by atoms with Crippen molar-refractivity contribution in [1.29, 1.82) is 0 Å². The predicted octanol–water partition coefficient (Wildman–Crippen LogP) is 3.25. The summed E-state index contributed by atoms with van der Waals surface area (Å²) in [5.41, 5.74) is 2.08. The molecule has 0 aromatic heterocycles. The van der Waals surface area contributed by atoms with E-state index in [4.69, 9.17) is 8.37 Å². The summed E-state index contributed by atoms with van der Waals surface area (Å²) in [6.07, 6.45) is 3.59. The maximum absolute atomic E-state index is 11.7. The Hall–Kier alpha value is -2.35. The summed E-state index contributed by atoms with van der Waals surface area (Å²) in [7, 11) is -0.155. The number of anilines is 1. The van der Waals surface area contributed by atoms with Crippen LogP contribution in [0.2, 0.25) is 0 Å². The van der Waals surface area contributed by atoms with Crippen molar-refractivity contribution in [3.05, 3.63) is 66.2 Å². The summed E-state index contributed by atoms with van der Waals surface area (Å²) in [5, 5.41) is 9.99. The highest BCUT2D eigenvalue weighted by atomic mass is 32.3. The quantitative estimate of drug-likeness (QED) is 0.627. The average molecular weight is 391 g/mol. The molecule has 0 aliphatic carbocycles. The maximum Gasteiger partial charge on any atom is 0.449 e. The highest BCUT2D eigenvalue weighted by molar-refractivity contribution is 7.82. The number of aliphatic hydroxyl groups is 1. The molecule has 0 heterocycles. The third kappa shape index (κ3) is 7.82. The highest BCUT2D eigenvalue weighted by Crippen LogP contribution is 2.15.